The predicted octanol–water partition coefficient (Wildman–Crippen LogP) is 3.38. The molecule has 0 radical (unpaired) electrons. The summed E-state index contributed by atoms with van der Waals surface area (Å²) in [6, 6.07) is 7.64. The van der Waals surface area contributed by atoms with Crippen LogP contribution in [0, 0.1) is 26.7 Å². The standard InChI is InChI=1S/C20H27N3O3S/c1-14-8-10-18(11-9-14)27(25,26)22-19(13-17-6-4-5-7-17)20(24)23-16(3)12-15(2)21-23/h8-12,17,19,22H,4-7,13H2,1-3H3. The summed E-state index contributed by atoms with van der Waals surface area (Å²) in [4.78, 5) is 13.3. The second-order valence-electron chi connectivity index (χ2n) is 7.55. The Balaban J connectivity index is 1.88. The van der Waals surface area contributed by atoms with Crippen molar-refractivity contribution in [1.29, 1.82) is 0 Å². The number of aryl methyl sites for hydroxylation is 3. The summed E-state index contributed by atoms with van der Waals surface area (Å²) in [5, 5.41) is 4.25. The van der Waals surface area contributed by atoms with Gasteiger partial charge >= 0.3 is 0 Å². The van der Waals surface area contributed by atoms with Crippen molar-refractivity contribution in [3.05, 3.63) is 47.3 Å². The summed E-state index contributed by atoms with van der Waals surface area (Å²) in [7, 11) is -3.79. The van der Waals surface area contributed by atoms with Crippen molar-refractivity contribution in [2.24, 2.45) is 5.92 Å². The Hall–Kier alpha value is -1.99. The molecule has 0 spiro atoms. The normalized spacial score (nSPS) is 16.6. The molecular weight excluding hydrogens is 362 g/mol. The molecule has 27 heavy (non-hydrogen) atoms. The summed E-state index contributed by atoms with van der Waals surface area (Å²) in [5.74, 6) is 0.0415. The number of benzene rings is 1. The zero-order valence-corrected chi connectivity index (χ0v) is 16.9. The molecule has 6 nitrogen and oxygen atoms in total. The lowest BCUT2D eigenvalue weighted by atomic mass is 9.98. The number of rotatable bonds is 6. The van der Waals surface area contributed by atoms with Gasteiger partial charge in [0.25, 0.3) is 5.91 Å². The molecule has 1 fully saturated rings. The quantitative estimate of drug-likeness (QED) is 0.821. The minimum absolute atomic E-state index is 0.172. The monoisotopic (exact) mass is 389 g/mol. The molecule has 0 aliphatic heterocycles. The second-order valence-corrected chi connectivity index (χ2v) is 9.26. The molecule has 1 unspecified atom stereocenters. The van der Waals surface area contributed by atoms with Crippen LogP contribution in [-0.4, -0.2) is 30.1 Å². The first-order valence-electron chi connectivity index (χ1n) is 9.43. The molecule has 1 aliphatic rings. The highest BCUT2D eigenvalue weighted by Crippen LogP contribution is 2.29. The lowest BCUT2D eigenvalue weighted by Gasteiger charge is -2.21. The molecule has 146 valence electrons. The van der Waals surface area contributed by atoms with Crippen LogP contribution >= 0.6 is 0 Å². The lowest BCUT2D eigenvalue weighted by Crippen LogP contribution is -2.44. The van der Waals surface area contributed by atoms with E-state index in [2.05, 4.69) is 9.82 Å². The number of hydrogen-bond donors (Lipinski definition) is 1. The molecule has 0 bridgehead atoms. The number of nitrogens with zero attached hydrogens (tertiary/aromatic N) is 2. The molecule has 1 saturated carbocycles. The number of carbonyl (C=O) groups excluding carboxylic acids is 1. The van der Waals surface area contributed by atoms with Crippen molar-refractivity contribution in [3.63, 3.8) is 0 Å². The van der Waals surface area contributed by atoms with Gasteiger partial charge in [0.1, 0.15) is 6.04 Å². The molecule has 1 heterocycles. The number of nitrogens with one attached hydrogen (secondary N) is 1. The van der Waals surface area contributed by atoms with Crippen LogP contribution in [-0.2, 0) is 10.0 Å². The van der Waals surface area contributed by atoms with Crippen LogP contribution in [0.1, 0.15) is 53.8 Å². The minimum Gasteiger partial charge on any atom is -0.271 e. The van der Waals surface area contributed by atoms with Gasteiger partial charge in [0.15, 0.2) is 0 Å². The van der Waals surface area contributed by atoms with Gasteiger partial charge in [0.05, 0.1) is 10.6 Å². The summed E-state index contributed by atoms with van der Waals surface area (Å²) >= 11 is 0. The first kappa shape index (κ1) is 19.8. The van der Waals surface area contributed by atoms with E-state index in [1.165, 1.54) is 4.68 Å². The van der Waals surface area contributed by atoms with Crippen molar-refractivity contribution in [1.82, 2.24) is 14.5 Å². The van der Waals surface area contributed by atoms with Gasteiger partial charge in [-0.15, -0.1) is 0 Å². The molecule has 1 aliphatic carbocycles. The molecule has 1 atom stereocenters. The molecule has 1 aromatic carbocycles. The Kier molecular flexibility index (Phi) is 5.81. The highest BCUT2D eigenvalue weighted by Gasteiger charge is 2.31. The summed E-state index contributed by atoms with van der Waals surface area (Å²) < 4.78 is 29.7. The van der Waals surface area contributed by atoms with E-state index in [-0.39, 0.29) is 10.8 Å². The molecule has 0 amide bonds. The van der Waals surface area contributed by atoms with Crippen LogP contribution in [0.25, 0.3) is 0 Å². The van der Waals surface area contributed by atoms with E-state index in [9.17, 15) is 13.2 Å². The van der Waals surface area contributed by atoms with Crippen LogP contribution in [0.3, 0.4) is 0 Å². The summed E-state index contributed by atoms with van der Waals surface area (Å²) in [6.45, 7) is 5.53. The minimum atomic E-state index is -3.79. The van der Waals surface area contributed by atoms with Crippen molar-refractivity contribution < 1.29 is 13.2 Å². The average molecular weight is 390 g/mol. The van der Waals surface area contributed by atoms with E-state index in [0.29, 0.717) is 18.0 Å². The third kappa shape index (κ3) is 4.65. The third-order valence-electron chi connectivity index (χ3n) is 5.19. The van der Waals surface area contributed by atoms with Crippen molar-refractivity contribution in [3.8, 4) is 0 Å². The van der Waals surface area contributed by atoms with E-state index in [1.807, 2.05) is 19.9 Å². The first-order valence-corrected chi connectivity index (χ1v) is 10.9. The number of hydrogen-bond acceptors (Lipinski definition) is 4. The fourth-order valence-corrected chi connectivity index (χ4v) is 4.95. The third-order valence-corrected chi connectivity index (χ3v) is 6.68. The summed E-state index contributed by atoms with van der Waals surface area (Å²) in [6.07, 6.45) is 4.84. The van der Waals surface area contributed by atoms with Crippen molar-refractivity contribution in [2.75, 3.05) is 0 Å². The predicted molar refractivity (Wildman–Crippen MR) is 104 cm³/mol. The van der Waals surface area contributed by atoms with Crippen LogP contribution in [0.5, 0.6) is 0 Å². The maximum atomic E-state index is 13.1. The van der Waals surface area contributed by atoms with Crippen molar-refractivity contribution >= 4 is 15.9 Å². The second kappa shape index (κ2) is 7.94. The molecule has 1 aromatic heterocycles. The molecule has 2 aromatic rings. The van der Waals surface area contributed by atoms with Gasteiger partial charge < -0.3 is 0 Å². The van der Waals surface area contributed by atoms with Crippen LogP contribution < -0.4 is 4.72 Å². The van der Waals surface area contributed by atoms with Gasteiger partial charge in [-0.1, -0.05) is 43.4 Å². The van der Waals surface area contributed by atoms with Crippen molar-refractivity contribution in [2.45, 2.75) is 63.8 Å². The number of aromatic nitrogens is 2. The van der Waals surface area contributed by atoms with Gasteiger partial charge in [-0.25, -0.2) is 13.1 Å². The van der Waals surface area contributed by atoms with E-state index < -0.39 is 16.1 Å². The smallest absolute Gasteiger partial charge is 0.265 e. The maximum Gasteiger partial charge on any atom is 0.265 e. The molecule has 7 heteroatoms. The number of carbonyl (C=O) groups is 1. The van der Waals surface area contributed by atoms with E-state index in [0.717, 1.165) is 36.9 Å². The topological polar surface area (TPSA) is 81.1 Å². The Morgan fingerprint density at radius 2 is 1.81 bits per heavy atom. The van der Waals surface area contributed by atoms with Gasteiger partial charge in [0.2, 0.25) is 10.0 Å². The van der Waals surface area contributed by atoms with Gasteiger partial charge in [-0.05, 0) is 51.3 Å². The Labute approximate surface area is 161 Å². The highest BCUT2D eigenvalue weighted by atomic mass is 32.2. The van der Waals surface area contributed by atoms with Crippen LogP contribution in [0.15, 0.2) is 35.2 Å². The van der Waals surface area contributed by atoms with Gasteiger partial charge in [-0.3, -0.25) is 4.79 Å². The van der Waals surface area contributed by atoms with Gasteiger partial charge in [0, 0.05) is 5.69 Å². The SMILES string of the molecule is Cc1ccc(S(=O)(=O)NC(CC2CCCC2)C(=O)n2nc(C)cc2C)cc1. The highest BCUT2D eigenvalue weighted by molar-refractivity contribution is 7.89. The first-order chi connectivity index (χ1) is 12.8. The van der Waals surface area contributed by atoms with E-state index >= 15 is 0 Å². The summed E-state index contributed by atoms with van der Waals surface area (Å²) in [5.41, 5.74) is 2.43. The maximum absolute atomic E-state index is 13.1. The van der Waals surface area contributed by atoms with Crippen LogP contribution in [0.4, 0.5) is 0 Å². The van der Waals surface area contributed by atoms with Crippen LogP contribution in [0.2, 0.25) is 0 Å². The Bertz CT molecular complexity index is 910. The Morgan fingerprint density at radius 3 is 2.37 bits per heavy atom. The van der Waals surface area contributed by atoms with E-state index in [4.69, 9.17) is 0 Å². The Morgan fingerprint density at radius 1 is 1.19 bits per heavy atom. The van der Waals surface area contributed by atoms with Gasteiger partial charge in [-0.2, -0.15) is 9.82 Å². The zero-order valence-electron chi connectivity index (χ0n) is 16.1. The molecular formula is C20H27N3O3S. The average Bonchev–Trinajstić information content (AvgIpc) is 3.23. The molecule has 0 saturated heterocycles. The largest absolute Gasteiger partial charge is 0.271 e. The fraction of sp³-hybridized carbons (Fsp3) is 0.500. The fourth-order valence-electron chi connectivity index (χ4n) is 3.75. The van der Waals surface area contributed by atoms with E-state index in [1.54, 1.807) is 31.2 Å². The number of sulfonamides is 1. The molecule has 1 N–H and O–H groups in total. The lowest BCUT2D eigenvalue weighted by molar-refractivity contribution is 0.0837. The zero-order chi connectivity index (χ0) is 19.6. The molecule has 3 rings (SSSR count).